The minimum atomic E-state index is 0.777. The number of fused-ring (bicyclic) bond motifs is 1. The Morgan fingerprint density at radius 1 is 1.46 bits per heavy atom. The molecule has 0 atom stereocenters. The van der Waals surface area contributed by atoms with Gasteiger partial charge in [-0.1, -0.05) is 0 Å². The second-order valence-corrected chi connectivity index (χ2v) is 4.43. The molecule has 66 valence electrons. The average Bonchev–Trinajstić information content (AvgIpc) is 2.93. The molecule has 2 heterocycles. The molecule has 1 N–H and O–H groups in total. The van der Waals surface area contributed by atoms with E-state index in [4.69, 9.17) is 0 Å². The molecule has 2 nitrogen and oxygen atoms in total. The summed E-state index contributed by atoms with van der Waals surface area (Å²) in [6.07, 6.45) is 6.59. The monoisotopic (exact) mass is 236 g/mol. The number of halogens is 1. The fourth-order valence-electron chi connectivity index (χ4n) is 1.63. The Kier molecular flexibility index (Phi) is 1.50. The average molecular weight is 237 g/mol. The molecular weight excluding hydrogens is 228 g/mol. The SMILES string of the molecule is Brc1c[nH]c2ncc(C3CC3)cc12. The van der Waals surface area contributed by atoms with Crippen LogP contribution in [-0.4, -0.2) is 9.97 Å². The van der Waals surface area contributed by atoms with Crippen LogP contribution in [0.4, 0.5) is 0 Å². The second kappa shape index (κ2) is 2.58. The zero-order valence-electron chi connectivity index (χ0n) is 7.05. The maximum Gasteiger partial charge on any atom is 0.138 e. The van der Waals surface area contributed by atoms with E-state index in [1.165, 1.54) is 23.8 Å². The Bertz CT molecular complexity index is 457. The van der Waals surface area contributed by atoms with Gasteiger partial charge >= 0.3 is 0 Å². The number of hydrogen-bond donors (Lipinski definition) is 1. The zero-order chi connectivity index (χ0) is 8.84. The number of nitrogens with one attached hydrogen (secondary N) is 1. The highest BCUT2D eigenvalue weighted by Gasteiger charge is 2.24. The van der Waals surface area contributed by atoms with Crippen LogP contribution in [0.15, 0.2) is 22.9 Å². The summed E-state index contributed by atoms with van der Waals surface area (Å²) in [6.45, 7) is 0. The van der Waals surface area contributed by atoms with Crippen LogP contribution in [0.2, 0.25) is 0 Å². The Morgan fingerprint density at radius 3 is 3.08 bits per heavy atom. The smallest absolute Gasteiger partial charge is 0.138 e. The van der Waals surface area contributed by atoms with E-state index < -0.39 is 0 Å². The first kappa shape index (κ1) is 7.56. The van der Waals surface area contributed by atoms with Gasteiger partial charge in [0.15, 0.2) is 0 Å². The van der Waals surface area contributed by atoms with E-state index in [1.807, 2.05) is 12.4 Å². The van der Waals surface area contributed by atoms with Gasteiger partial charge in [-0.25, -0.2) is 4.98 Å². The Hall–Kier alpha value is -0.830. The van der Waals surface area contributed by atoms with E-state index in [9.17, 15) is 0 Å². The van der Waals surface area contributed by atoms with Crippen LogP contribution in [0.5, 0.6) is 0 Å². The van der Waals surface area contributed by atoms with Crippen molar-refractivity contribution in [1.82, 2.24) is 9.97 Å². The van der Waals surface area contributed by atoms with Crippen molar-refractivity contribution in [1.29, 1.82) is 0 Å². The van der Waals surface area contributed by atoms with Crippen LogP contribution in [0.25, 0.3) is 11.0 Å². The number of aromatic amines is 1. The molecule has 1 fully saturated rings. The summed E-state index contributed by atoms with van der Waals surface area (Å²) in [5.41, 5.74) is 2.35. The highest BCUT2D eigenvalue weighted by Crippen LogP contribution is 2.40. The van der Waals surface area contributed by atoms with E-state index in [1.54, 1.807) is 0 Å². The highest BCUT2D eigenvalue weighted by atomic mass is 79.9. The summed E-state index contributed by atoms with van der Waals surface area (Å²) in [7, 11) is 0. The predicted molar refractivity (Wildman–Crippen MR) is 55.8 cm³/mol. The van der Waals surface area contributed by atoms with Gasteiger partial charge in [-0.3, -0.25) is 0 Å². The lowest BCUT2D eigenvalue weighted by Gasteiger charge is -1.96. The topological polar surface area (TPSA) is 28.7 Å². The fourth-order valence-corrected chi connectivity index (χ4v) is 2.04. The Morgan fingerprint density at radius 2 is 2.31 bits per heavy atom. The van der Waals surface area contributed by atoms with E-state index in [0.29, 0.717) is 0 Å². The third-order valence-electron chi connectivity index (χ3n) is 2.55. The van der Waals surface area contributed by atoms with Crippen molar-refractivity contribution < 1.29 is 0 Å². The largest absolute Gasteiger partial charge is 0.345 e. The summed E-state index contributed by atoms with van der Waals surface area (Å²) in [6, 6.07) is 2.24. The van der Waals surface area contributed by atoms with Crippen molar-refractivity contribution in [3.63, 3.8) is 0 Å². The Balaban J connectivity index is 2.24. The standard InChI is InChI=1S/C10H9BrN2/c11-9-5-13-10-8(9)3-7(4-12-10)6-1-2-6/h3-6H,1-2H2,(H,12,13). The summed E-state index contributed by atoms with van der Waals surface area (Å²) in [5, 5.41) is 1.20. The molecule has 3 rings (SSSR count). The quantitative estimate of drug-likeness (QED) is 0.810. The molecule has 1 aliphatic rings. The molecule has 0 spiro atoms. The van der Waals surface area contributed by atoms with Crippen molar-refractivity contribution in [3.8, 4) is 0 Å². The number of hydrogen-bond acceptors (Lipinski definition) is 1. The van der Waals surface area contributed by atoms with Crippen molar-refractivity contribution in [2.75, 3.05) is 0 Å². The lowest BCUT2D eigenvalue weighted by Crippen LogP contribution is -1.82. The van der Waals surface area contributed by atoms with Crippen molar-refractivity contribution in [2.45, 2.75) is 18.8 Å². The molecule has 0 aromatic carbocycles. The van der Waals surface area contributed by atoms with Crippen molar-refractivity contribution >= 4 is 27.0 Å². The molecule has 1 aliphatic carbocycles. The predicted octanol–water partition coefficient (Wildman–Crippen LogP) is 3.20. The van der Waals surface area contributed by atoms with E-state index in [0.717, 1.165) is 16.0 Å². The van der Waals surface area contributed by atoms with Crippen molar-refractivity contribution in [2.24, 2.45) is 0 Å². The molecule has 3 heteroatoms. The first-order valence-electron chi connectivity index (χ1n) is 4.47. The minimum absolute atomic E-state index is 0.777. The Labute approximate surface area is 84.5 Å². The van der Waals surface area contributed by atoms with Crippen LogP contribution in [0, 0.1) is 0 Å². The maximum atomic E-state index is 4.38. The van der Waals surface area contributed by atoms with Gasteiger partial charge in [0, 0.05) is 22.3 Å². The van der Waals surface area contributed by atoms with Gasteiger partial charge < -0.3 is 4.98 Å². The molecular formula is C10H9BrN2. The summed E-state index contributed by atoms with van der Waals surface area (Å²) >= 11 is 3.50. The number of rotatable bonds is 1. The number of H-pyrrole nitrogens is 1. The summed E-state index contributed by atoms with van der Waals surface area (Å²) in [5.74, 6) is 0.777. The van der Waals surface area contributed by atoms with Crippen LogP contribution < -0.4 is 0 Å². The fraction of sp³-hybridized carbons (Fsp3) is 0.300. The third kappa shape index (κ3) is 1.18. The molecule has 13 heavy (non-hydrogen) atoms. The second-order valence-electron chi connectivity index (χ2n) is 3.58. The summed E-state index contributed by atoms with van der Waals surface area (Å²) < 4.78 is 1.11. The van der Waals surface area contributed by atoms with Gasteiger partial charge in [0.1, 0.15) is 5.65 Å². The third-order valence-corrected chi connectivity index (χ3v) is 3.21. The molecule has 2 aromatic heterocycles. The molecule has 0 unspecified atom stereocenters. The molecule has 0 bridgehead atoms. The van der Waals surface area contributed by atoms with Gasteiger partial charge in [0.2, 0.25) is 0 Å². The number of pyridine rings is 1. The highest BCUT2D eigenvalue weighted by molar-refractivity contribution is 9.10. The molecule has 0 aliphatic heterocycles. The number of nitrogens with zero attached hydrogens (tertiary/aromatic N) is 1. The molecule has 0 amide bonds. The zero-order valence-corrected chi connectivity index (χ0v) is 8.63. The van der Waals surface area contributed by atoms with Crippen LogP contribution in [-0.2, 0) is 0 Å². The van der Waals surface area contributed by atoms with Gasteiger partial charge in [0.25, 0.3) is 0 Å². The van der Waals surface area contributed by atoms with E-state index >= 15 is 0 Å². The lowest BCUT2D eigenvalue weighted by atomic mass is 10.1. The number of aromatic nitrogens is 2. The molecule has 2 aromatic rings. The first-order valence-corrected chi connectivity index (χ1v) is 5.26. The van der Waals surface area contributed by atoms with Gasteiger partial charge in [-0.2, -0.15) is 0 Å². The molecule has 0 radical (unpaired) electrons. The van der Waals surface area contributed by atoms with Gasteiger partial charge in [0.05, 0.1) is 0 Å². The first-order chi connectivity index (χ1) is 6.34. The van der Waals surface area contributed by atoms with Crippen LogP contribution in [0.3, 0.4) is 0 Å². The van der Waals surface area contributed by atoms with E-state index in [2.05, 4.69) is 32.0 Å². The van der Waals surface area contributed by atoms with Crippen LogP contribution in [0.1, 0.15) is 24.3 Å². The summed E-state index contributed by atoms with van der Waals surface area (Å²) in [4.78, 5) is 7.49. The minimum Gasteiger partial charge on any atom is -0.345 e. The van der Waals surface area contributed by atoms with Crippen LogP contribution >= 0.6 is 15.9 Å². The lowest BCUT2D eigenvalue weighted by molar-refractivity contribution is 1.11. The molecule has 0 saturated heterocycles. The van der Waals surface area contributed by atoms with Gasteiger partial charge in [-0.05, 0) is 46.3 Å². The van der Waals surface area contributed by atoms with E-state index in [-0.39, 0.29) is 0 Å². The maximum absolute atomic E-state index is 4.38. The normalized spacial score (nSPS) is 16.7. The molecule has 1 saturated carbocycles. The van der Waals surface area contributed by atoms with Crippen molar-refractivity contribution in [3.05, 3.63) is 28.5 Å². The van der Waals surface area contributed by atoms with Gasteiger partial charge in [-0.15, -0.1) is 0 Å².